The Balaban J connectivity index is 1.21. The number of hydrogen-bond acceptors (Lipinski definition) is 2. The third-order valence-corrected chi connectivity index (χ3v) is 9.92. The molecule has 1 aromatic rings. The van der Waals surface area contributed by atoms with Crippen molar-refractivity contribution < 1.29 is 0 Å². The topological polar surface area (TPSA) is 25.8 Å². The average molecular weight is 511 g/mol. The monoisotopic (exact) mass is 510 g/mol. The maximum absolute atomic E-state index is 4.83. The summed E-state index contributed by atoms with van der Waals surface area (Å²) < 4.78 is 0. The predicted octanol–water partition coefficient (Wildman–Crippen LogP) is 11.4. The first-order valence-electron chi connectivity index (χ1n) is 17.1. The van der Waals surface area contributed by atoms with E-state index in [4.69, 9.17) is 9.97 Å². The second-order valence-corrected chi connectivity index (χ2v) is 13.1. The summed E-state index contributed by atoms with van der Waals surface area (Å²) in [4.78, 5) is 9.67. The van der Waals surface area contributed by atoms with Crippen molar-refractivity contribution in [2.75, 3.05) is 0 Å². The summed E-state index contributed by atoms with van der Waals surface area (Å²) in [6.07, 6.45) is 39.7. The molecule has 0 radical (unpaired) electrons. The lowest BCUT2D eigenvalue weighted by Gasteiger charge is -2.31. The Bertz CT molecular complexity index is 652. The highest BCUT2D eigenvalue weighted by Gasteiger charge is 2.26. The van der Waals surface area contributed by atoms with Gasteiger partial charge in [0, 0.05) is 18.3 Å². The molecule has 212 valence electrons. The van der Waals surface area contributed by atoms with Crippen molar-refractivity contribution in [1.29, 1.82) is 0 Å². The average Bonchev–Trinajstić information content (AvgIpc) is 2.94. The lowest BCUT2D eigenvalue weighted by molar-refractivity contribution is 0.221. The van der Waals surface area contributed by atoms with Crippen LogP contribution in [0, 0.1) is 17.8 Å². The number of unbranched alkanes of at least 4 members (excludes halogenated alkanes) is 11. The van der Waals surface area contributed by atoms with Gasteiger partial charge in [-0.3, -0.25) is 0 Å². The zero-order valence-corrected chi connectivity index (χ0v) is 25.0. The van der Waals surface area contributed by atoms with Crippen molar-refractivity contribution in [3.05, 3.63) is 23.8 Å². The first-order chi connectivity index (χ1) is 18.3. The van der Waals surface area contributed by atoms with Crippen LogP contribution in [0.5, 0.6) is 0 Å². The summed E-state index contributed by atoms with van der Waals surface area (Å²) in [5.74, 6) is 4.80. The van der Waals surface area contributed by atoms with Gasteiger partial charge >= 0.3 is 0 Å². The Morgan fingerprint density at radius 1 is 0.514 bits per heavy atom. The Kier molecular flexibility index (Phi) is 15.9. The Morgan fingerprint density at radius 2 is 0.946 bits per heavy atom. The summed E-state index contributed by atoms with van der Waals surface area (Å²) in [6, 6.07) is 0. The normalized spacial score (nSPS) is 24.4. The molecule has 0 unspecified atom stereocenters. The van der Waals surface area contributed by atoms with Gasteiger partial charge in [0.15, 0.2) is 0 Å². The first-order valence-corrected chi connectivity index (χ1v) is 17.1. The van der Waals surface area contributed by atoms with Gasteiger partial charge in [-0.2, -0.15) is 0 Å². The molecule has 0 spiro atoms. The molecular formula is C35H62N2. The molecular weight excluding hydrogens is 448 g/mol. The van der Waals surface area contributed by atoms with Crippen LogP contribution in [0.1, 0.15) is 185 Å². The molecule has 3 rings (SSSR count). The Labute approximate surface area is 231 Å². The van der Waals surface area contributed by atoms with E-state index in [-0.39, 0.29) is 0 Å². The van der Waals surface area contributed by atoms with Gasteiger partial charge in [0.1, 0.15) is 5.82 Å². The third-order valence-electron chi connectivity index (χ3n) is 9.92. The van der Waals surface area contributed by atoms with Crippen molar-refractivity contribution in [3.8, 4) is 0 Å². The molecule has 1 heterocycles. The van der Waals surface area contributed by atoms with Crippen LogP contribution in [0.25, 0.3) is 0 Å². The largest absolute Gasteiger partial charge is 0.241 e. The molecule has 0 N–H and O–H groups in total. The summed E-state index contributed by atoms with van der Waals surface area (Å²) >= 11 is 0. The van der Waals surface area contributed by atoms with Gasteiger partial charge in [-0.15, -0.1) is 0 Å². The summed E-state index contributed by atoms with van der Waals surface area (Å²) in [6.45, 7) is 4.62. The van der Waals surface area contributed by atoms with E-state index in [0.29, 0.717) is 5.92 Å². The molecule has 1 aromatic heterocycles. The molecule has 2 saturated carbocycles. The van der Waals surface area contributed by atoms with E-state index in [0.717, 1.165) is 30.0 Å². The molecule has 2 fully saturated rings. The van der Waals surface area contributed by atoms with Crippen LogP contribution in [0.4, 0.5) is 0 Å². The molecule has 0 amide bonds. The quantitative estimate of drug-likeness (QED) is 0.173. The van der Waals surface area contributed by atoms with E-state index in [2.05, 4.69) is 26.2 Å². The first kappa shape index (κ1) is 30.6. The van der Waals surface area contributed by atoms with Crippen molar-refractivity contribution in [1.82, 2.24) is 9.97 Å². The molecule has 2 aliphatic carbocycles. The standard InChI is InChI=1S/C35H62N2/c1-3-5-7-8-9-10-11-12-13-15-17-33-28-36-35(37-29-33)34-26-24-32(25-27-34)23-22-31-20-18-30(19-21-31)16-14-6-4-2/h28-32,34H,3-27H2,1-2H3/t30-,31-,32?,34?. The minimum atomic E-state index is 0.612. The molecule has 0 bridgehead atoms. The molecule has 37 heavy (non-hydrogen) atoms. The molecule has 0 aliphatic heterocycles. The van der Waals surface area contributed by atoms with Crippen molar-refractivity contribution >= 4 is 0 Å². The Morgan fingerprint density at radius 3 is 1.49 bits per heavy atom. The van der Waals surface area contributed by atoms with Gasteiger partial charge in [-0.25, -0.2) is 9.97 Å². The second-order valence-electron chi connectivity index (χ2n) is 13.1. The minimum absolute atomic E-state index is 0.612. The van der Waals surface area contributed by atoms with E-state index in [1.54, 1.807) is 0 Å². The summed E-state index contributed by atoms with van der Waals surface area (Å²) in [7, 11) is 0. The fourth-order valence-corrected chi connectivity index (χ4v) is 7.19. The molecule has 2 heteroatoms. The van der Waals surface area contributed by atoms with Crippen LogP contribution in [0.2, 0.25) is 0 Å². The van der Waals surface area contributed by atoms with E-state index >= 15 is 0 Å². The molecule has 2 aliphatic rings. The minimum Gasteiger partial charge on any atom is -0.241 e. The van der Waals surface area contributed by atoms with Crippen LogP contribution in [-0.4, -0.2) is 9.97 Å². The predicted molar refractivity (Wildman–Crippen MR) is 161 cm³/mol. The molecule has 0 aromatic carbocycles. The lowest BCUT2D eigenvalue weighted by Crippen LogP contribution is -2.18. The SMILES string of the molecule is CCCCCCCCCCCCc1cnc(C2CCC(CC[C@H]3CC[C@H](CCCCC)CC3)CC2)nc1. The zero-order chi connectivity index (χ0) is 26.0. The van der Waals surface area contributed by atoms with E-state index < -0.39 is 0 Å². The number of aryl methyl sites for hydroxylation is 1. The molecule has 2 nitrogen and oxygen atoms in total. The van der Waals surface area contributed by atoms with Gasteiger partial charge in [0.25, 0.3) is 0 Å². The van der Waals surface area contributed by atoms with Gasteiger partial charge in [-0.05, 0) is 61.8 Å². The van der Waals surface area contributed by atoms with Crippen molar-refractivity contribution in [2.45, 2.75) is 180 Å². The highest BCUT2D eigenvalue weighted by Crippen LogP contribution is 2.39. The van der Waals surface area contributed by atoms with Crippen LogP contribution in [0.3, 0.4) is 0 Å². The van der Waals surface area contributed by atoms with E-state index in [1.165, 1.54) is 160 Å². The van der Waals surface area contributed by atoms with E-state index in [1.807, 2.05) is 0 Å². The van der Waals surface area contributed by atoms with Crippen LogP contribution in [0.15, 0.2) is 12.4 Å². The summed E-state index contributed by atoms with van der Waals surface area (Å²) in [5.41, 5.74) is 1.34. The van der Waals surface area contributed by atoms with Crippen molar-refractivity contribution in [3.63, 3.8) is 0 Å². The van der Waals surface area contributed by atoms with Gasteiger partial charge < -0.3 is 0 Å². The Hall–Kier alpha value is -0.920. The second kappa shape index (κ2) is 19.2. The van der Waals surface area contributed by atoms with Crippen LogP contribution >= 0.6 is 0 Å². The molecule has 0 atom stereocenters. The maximum Gasteiger partial charge on any atom is 0.131 e. The van der Waals surface area contributed by atoms with Gasteiger partial charge in [0.2, 0.25) is 0 Å². The van der Waals surface area contributed by atoms with Gasteiger partial charge in [-0.1, -0.05) is 136 Å². The van der Waals surface area contributed by atoms with Crippen molar-refractivity contribution in [2.24, 2.45) is 17.8 Å². The number of nitrogens with zero attached hydrogens (tertiary/aromatic N) is 2. The lowest BCUT2D eigenvalue weighted by atomic mass is 9.74. The van der Waals surface area contributed by atoms with E-state index in [9.17, 15) is 0 Å². The van der Waals surface area contributed by atoms with Crippen LogP contribution < -0.4 is 0 Å². The fraction of sp³-hybridized carbons (Fsp3) is 0.886. The zero-order valence-electron chi connectivity index (χ0n) is 25.0. The van der Waals surface area contributed by atoms with Gasteiger partial charge in [0.05, 0.1) is 0 Å². The number of hydrogen-bond donors (Lipinski definition) is 0. The van der Waals surface area contributed by atoms with Crippen LogP contribution in [-0.2, 0) is 6.42 Å². The number of aromatic nitrogens is 2. The number of rotatable bonds is 19. The third kappa shape index (κ3) is 12.7. The highest BCUT2D eigenvalue weighted by molar-refractivity contribution is 5.08. The smallest absolute Gasteiger partial charge is 0.131 e. The summed E-state index contributed by atoms with van der Waals surface area (Å²) in [5, 5.41) is 0. The molecule has 0 saturated heterocycles. The fourth-order valence-electron chi connectivity index (χ4n) is 7.19. The highest BCUT2D eigenvalue weighted by atomic mass is 14.9. The maximum atomic E-state index is 4.83.